The Morgan fingerprint density at radius 2 is 1.71 bits per heavy atom. The van der Waals surface area contributed by atoms with Crippen LogP contribution >= 0.6 is 0 Å². The summed E-state index contributed by atoms with van der Waals surface area (Å²) in [7, 11) is 0. The van der Waals surface area contributed by atoms with Gasteiger partial charge in [-0.25, -0.2) is 9.18 Å². The molecule has 6 nitrogen and oxygen atoms in total. The van der Waals surface area contributed by atoms with E-state index in [9.17, 15) is 24.5 Å². The molecule has 0 bridgehead atoms. The molecule has 0 unspecified atom stereocenters. The summed E-state index contributed by atoms with van der Waals surface area (Å²) >= 11 is 0. The Morgan fingerprint density at radius 1 is 1.00 bits per heavy atom. The Kier molecular flexibility index (Phi) is 5.77. The zero-order valence-electron chi connectivity index (χ0n) is 16.6. The molecule has 7 heteroatoms. The number of carbonyl (C=O) groups is 1. The van der Waals surface area contributed by atoms with Crippen molar-refractivity contribution < 1.29 is 29.2 Å². The van der Waals surface area contributed by atoms with Gasteiger partial charge < -0.3 is 20.1 Å². The molecular formula is C24H22FNO5. The van der Waals surface area contributed by atoms with Gasteiger partial charge in [-0.05, 0) is 54.8 Å². The average Bonchev–Trinajstić information content (AvgIpc) is 3.10. The minimum absolute atomic E-state index is 0.137. The van der Waals surface area contributed by atoms with Gasteiger partial charge >= 0.3 is 6.09 Å². The number of ether oxygens (including phenoxy) is 1. The zero-order chi connectivity index (χ0) is 22.0. The maximum atomic E-state index is 13.4. The number of amides is 1. The lowest BCUT2D eigenvalue weighted by atomic mass is 9.92. The van der Waals surface area contributed by atoms with Gasteiger partial charge in [0.15, 0.2) is 6.10 Å². The number of aryl methyl sites for hydroxylation is 1. The van der Waals surface area contributed by atoms with Crippen molar-refractivity contribution in [3.05, 3.63) is 89.7 Å². The predicted molar refractivity (Wildman–Crippen MR) is 112 cm³/mol. The van der Waals surface area contributed by atoms with E-state index < -0.39 is 30.2 Å². The van der Waals surface area contributed by atoms with Crippen molar-refractivity contribution in [3.63, 3.8) is 0 Å². The summed E-state index contributed by atoms with van der Waals surface area (Å²) in [4.78, 5) is 14.1. The standard InChI is InChI=1S/C24H22FNO5/c25-16-7-9-17(10-8-16)26-22(20(28)13-6-15-4-2-1-3-5-15)23(31-24(26)30)19-12-11-18(27)14-21(19)29/h1-5,7-12,14,20,22-23,27-29H,6,13H2/t20-,22+,23-/m0/s1. The highest BCUT2D eigenvalue weighted by Gasteiger charge is 2.48. The number of anilines is 1. The van der Waals surface area contributed by atoms with E-state index in [1.807, 2.05) is 30.3 Å². The summed E-state index contributed by atoms with van der Waals surface area (Å²) < 4.78 is 19.0. The van der Waals surface area contributed by atoms with Crippen LogP contribution < -0.4 is 4.90 Å². The summed E-state index contributed by atoms with van der Waals surface area (Å²) in [5.74, 6) is -0.841. The predicted octanol–water partition coefficient (Wildman–Crippen LogP) is 4.30. The smallest absolute Gasteiger partial charge is 0.415 e. The fourth-order valence-electron chi connectivity index (χ4n) is 3.90. The number of phenolic OH excluding ortho intramolecular Hbond substituents is 2. The van der Waals surface area contributed by atoms with Crippen LogP contribution in [0.2, 0.25) is 0 Å². The Balaban J connectivity index is 1.68. The van der Waals surface area contributed by atoms with E-state index in [0.717, 1.165) is 11.6 Å². The highest BCUT2D eigenvalue weighted by Crippen LogP contribution is 2.42. The minimum atomic E-state index is -1.00. The average molecular weight is 423 g/mol. The molecular weight excluding hydrogens is 401 g/mol. The first-order chi connectivity index (χ1) is 14.9. The number of halogens is 1. The van der Waals surface area contributed by atoms with E-state index in [2.05, 4.69) is 0 Å². The van der Waals surface area contributed by atoms with Gasteiger partial charge in [0.2, 0.25) is 0 Å². The van der Waals surface area contributed by atoms with E-state index in [-0.39, 0.29) is 17.1 Å². The van der Waals surface area contributed by atoms with E-state index in [0.29, 0.717) is 18.5 Å². The number of cyclic esters (lactones) is 1. The van der Waals surface area contributed by atoms with Crippen LogP contribution in [0.3, 0.4) is 0 Å². The number of rotatable bonds is 6. The molecule has 0 radical (unpaired) electrons. The second-order valence-electron chi connectivity index (χ2n) is 7.48. The number of hydrogen-bond donors (Lipinski definition) is 3. The maximum absolute atomic E-state index is 13.4. The lowest BCUT2D eigenvalue weighted by Crippen LogP contribution is -2.43. The molecule has 1 saturated heterocycles. The topological polar surface area (TPSA) is 90.2 Å². The van der Waals surface area contributed by atoms with Gasteiger partial charge in [0, 0.05) is 17.3 Å². The first-order valence-electron chi connectivity index (χ1n) is 9.93. The molecule has 1 heterocycles. The summed E-state index contributed by atoms with van der Waals surface area (Å²) in [6.07, 6.45) is -1.80. The molecule has 3 aromatic carbocycles. The number of nitrogens with zero attached hydrogens (tertiary/aromatic N) is 1. The number of hydrogen-bond acceptors (Lipinski definition) is 5. The number of aliphatic hydroxyl groups excluding tert-OH is 1. The van der Waals surface area contributed by atoms with Crippen molar-refractivity contribution >= 4 is 11.8 Å². The number of benzene rings is 3. The first kappa shape index (κ1) is 20.7. The van der Waals surface area contributed by atoms with Crippen molar-refractivity contribution in [2.24, 2.45) is 0 Å². The highest BCUT2D eigenvalue weighted by molar-refractivity contribution is 5.91. The van der Waals surface area contributed by atoms with Gasteiger partial charge in [-0.15, -0.1) is 0 Å². The highest BCUT2D eigenvalue weighted by atomic mass is 19.1. The van der Waals surface area contributed by atoms with Crippen LogP contribution in [0.4, 0.5) is 14.9 Å². The van der Waals surface area contributed by atoms with Crippen LogP contribution in [0, 0.1) is 5.82 Å². The molecule has 0 saturated carbocycles. The quantitative estimate of drug-likeness (QED) is 0.550. The molecule has 0 aliphatic carbocycles. The van der Waals surface area contributed by atoms with Crippen LogP contribution in [0.5, 0.6) is 11.5 Å². The van der Waals surface area contributed by atoms with Gasteiger partial charge in [-0.1, -0.05) is 30.3 Å². The Labute approximate surface area is 178 Å². The largest absolute Gasteiger partial charge is 0.508 e. The van der Waals surface area contributed by atoms with E-state index >= 15 is 0 Å². The number of carbonyl (C=O) groups excluding carboxylic acids is 1. The van der Waals surface area contributed by atoms with Gasteiger partial charge in [-0.3, -0.25) is 4.90 Å². The monoisotopic (exact) mass is 423 g/mol. The molecule has 3 atom stereocenters. The van der Waals surface area contributed by atoms with Gasteiger partial charge in [0.05, 0.1) is 6.10 Å². The fraction of sp³-hybridized carbons (Fsp3) is 0.208. The molecule has 1 fully saturated rings. The fourth-order valence-corrected chi connectivity index (χ4v) is 3.90. The molecule has 4 rings (SSSR count). The van der Waals surface area contributed by atoms with Gasteiger partial charge in [0.25, 0.3) is 0 Å². The summed E-state index contributed by atoms with van der Waals surface area (Å²) in [6, 6.07) is 18.1. The second kappa shape index (κ2) is 8.65. The van der Waals surface area contributed by atoms with E-state index in [1.54, 1.807) is 0 Å². The molecule has 3 N–H and O–H groups in total. The third-order valence-corrected chi connectivity index (χ3v) is 5.42. The number of phenols is 2. The summed E-state index contributed by atoms with van der Waals surface area (Å²) in [5.41, 5.74) is 1.67. The molecule has 1 aliphatic rings. The van der Waals surface area contributed by atoms with Crippen molar-refractivity contribution in [2.45, 2.75) is 31.1 Å². The Bertz CT molecular complexity index is 1060. The molecule has 31 heavy (non-hydrogen) atoms. The third kappa shape index (κ3) is 4.32. The Hall–Kier alpha value is -3.58. The van der Waals surface area contributed by atoms with Crippen LogP contribution in [0.15, 0.2) is 72.8 Å². The van der Waals surface area contributed by atoms with Crippen molar-refractivity contribution in [1.82, 2.24) is 0 Å². The first-order valence-corrected chi connectivity index (χ1v) is 9.93. The molecule has 0 spiro atoms. The van der Waals surface area contributed by atoms with Crippen molar-refractivity contribution in [2.75, 3.05) is 4.90 Å². The molecule has 0 aromatic heterocycles. The van der Waals surface area contributed by atoms with E-state index in [4.69, 9.17) is 4.74 Å². The van der Waals surface area contributed by atoms with Crippen LogP contribution in [-0.2, 0) is 11.2 Å². The van der Waals surface area contributed by atoms with E-state index in [1.165, 1.54) is 41.3 Å². The molecule has 3 aromatic rings. The molecule has 160 valence electrons. The molecule has 1 amide bonds. The number of aromatic hydroxyl groups is 2. The Morgan fingerprint density at radius 3 is 2.39 bits per heavy atom. The maximum Gasteiger partial charge on any atom is 0.415 e. The van der Waals surface area contributed by atoms with Crippen LogP contribution in [-0.4, -0.2) is 33.6 Å². The van der Waals surface area contributed by atoms with Crippen LogP contribution in [0.1, 0.15) is 23.7 Å². The zero-order valence-corrected chi connectivity index (χ0v) is 16.6. The van der Waals surface area contributed by atoms with Crippen LogP contribution in [0.25, 0.3) is 0 Å². The summed E-state index contributed by atoms with van der Waals surface area (Å²) in [5, 5.41) is 31.1. The minimum Gasteiger partial charge on any atom is -0.508 e. The normalized spacial score (nSPS) is 19.3. The van der Waals surface area contributed by atoms with Crippen molar-refractivity contribution in [1.29, 1.82) is 0 Å². The lowest BCUT2D eigenvalue weighted by Gasteiger charge is -2.29. The van der Waals surface area contributed by atoms with Crippen molar-refractivity contribution in [3.8, 4) is 11.5 Å². The lowest BCUT2D eigenvalue weighted by molar-refractivity contribution is 0.0751. The summed E-state index contributed by atoms with van der Waals surface area (Å²) in [6.45, 7) is 0. The second-order valence-corrected chi connectivity index (χ2v) is 7.48. The van der Waals surface area contributed by atoms with Gasteiger partial charge in [0.1, 0.15) is 23.4 Å². The molecule has 1 aliphatic heterocycles. The SMILES string of the molecule is O=C1O[C@@H](c2ccc(O)cc2O)[C@@H]([C@@H](O)CCc2ccccc2)N1c1ccc(F)cc1. The van der Waals surface area contributed by atoms with Gasteiger partial charge in [-0.2, -0.15) is 0 Å². The third-order valence-electron chi connectivity index (χ3n) is 5.42. The number of aliphatic hydroxyl groups is 1.